The van der Waals surface area contributed by atoms with Gasteiger partial charge in [-0.2, -0.15) is 23.3 Å². The minimum Gasteiger partial charge on any atom is -0.362 e. The Hall–Kier alpha value is -2.49. The van der Waals surface area contributed by atoms with Gasteiger partial charge in [-0.15, -0.1) is 0 Å². The molecule has 2 atom stereocenters. The number of alkyl halides is 3. The molecule has 1 aromatic rings. The molecule has 1 aromatic carbocycles. The van der Waals surface area contributed by atoms with Gasteiger partial charge in [0.2, 0.25) is 0 Å². The molecule has 10 heteroatoms. The number of hydrazone groups is 1. The normalized spacial score (nSPS) is 26.2. The predicted molar refractivity (Wildman–Crippen MR) is 79.7 cm³/mol. The van der Waals surface area contributed by atoms with Gasteiger partial charge >= 0.3 is 6.18 Å². The van der Waals surface area contributed by atoms with Gasteiger partial charge in [-0.05, 0) is 31.4 Å². The Balaban J connectivity index is 1.99. The van der Waals surface area contributed by atoms with Crippen molar-refractivity contribution in [3.63, 3.8) is 0 Å². The van der Waals surface area contributed by atoms with Crippen LogP contribution in [-0.4, -0.2) is 38.6 Å². The molecule has 0 saturated heterocycles. The molecule has 1 amide bonds. The molecule has 134 valence electrons. The van der Waals surface area contributed by atoms with Crippen molar-refractivity contribution in [1.29, 1.82) is 0 Å². The number of rotatable bonds is 2. The van der Waals surface area contributed by atoms with E-state index in [0.29, 0.717) is 12.8 Å². The van der Waals surface area contributed by atoms with Gasteiger partial charge in [-0.25, -0.2) is 0 Å². The van der Waals surface area contributed by atoms with Crippen LogP contribution in [0.5, 0.6) is 0 Å². The molecular formula is C15H14F3N3O4. The summed E-state index contributed by atoms with van der Waals surface area (Å²) in [4.78, 5) is 22.5. The zero-order valence-electron chi connectivity index (χ0n) is 12.9. The van der Waals surface area contributed by atoms with Crippen LogP contribution in [0.25, 0.3) is 0 Å². The SMILES string of the molecule is O=C(c1ccc([N+](=O)[O-])cc1)N1N=C2CCCC[C@@H]2[C@@]1(O)C(F)(F)F. The first-order valence-electron chi connectivity index (χ1n) is 7.61. The Morgan fingerprint density at radius 3 is 2.52 bits per heavy atom. The van der Waals surface area contributed by atoms with Crippen LogP contribution in [0.2, 0.25) is 0 Å². The number of carbonyl (C=O) groups is 1. The maximum atomic E-state index is 13.6. The second kappa shape index (κ2) is 5.80. The number of hydrogen-bond donors (Lipinski definition) is 1. The molecule has 0 bridgehead atoms. The highest BCUT2D eigenvalue weighted by Crippen LogP contribution is 2.48. The van der Waals surface area contributed by atoms with E-state index < -0.39 is 28.6 Å². The molecule has 25 heavy (non-hydrogen) atoms. The lowest BCUT2D eigenvalue weighted by Gasteiger charge is -2.38. The molecule has 0 unspecified atom stereocenters. The van der Waals surface area contributed by atoms with Gasteiger partial charge < -0.3 is 5.11 Å². The van der Waals surface area contributed by atoms with Crippen LogP contribution in [0.15, 0.2) is 29.4 Å². The van der Waals surface area contributed by atoms with Gasteiger partial charge in [-0.3, -0.25) is 14.9 Å². The fourth-order valence-corrected chi connectivity index (χ4v) is 3.27. The highest BCUT2D eigenvalue weighted by Gasteiger charge is 2.68. The lowest BCUT2D eigenvalue weighted by Crippen LogP contribution is -2.61. The maximum Gasteiger partial charge on any atom is 0.439 e. The van der Waals surface area contributed by atoms with Crippen molar-refractivity contribution in [2.75, 3.05) is 0 Å². The Morgan fingerprint density at radius 2 is 1.96 bits per heavy atom. The molecule has 3 rings (SSSR count). The Morgan fingerprint density at radius 1 is 1.32 bits per heavy atom. The van der Waals surface area contributed by atoms with Gasteiger partial charge in [0.15, 0.2) is 0 Å². The van der Waals surface area contributed by atoms with Crippen molar-refractivity contribution < 1.29 is 28.0 Å². The quantitative estimate of drug-likeness (QED) is 0.650. The highest BCUT2D eigenvalue weighted by atomic mass is 19.4. The maximum absolute atomic E-state index is 13.6. The third-order valence-corrected chi connectivity index (χ3v) is 4.55. The molecule has 1 saturated carbocycles. The van der Waals surface area contributed by atoms with E-state index in [0.717, 1.165) is 24.3 Å². The van der Waals surface area contributed by atoms with Crippen molar-refractivity contribution in [3.05, 3.63) is 39.9 Å². The smallest absolute Gasteiger partial charge is 0.362 e. The second-order valence-corrected chi connectivity index (χ2v) is 6.03. The van der Waals surface area contributed by atoms with E-state index in [4.69, 9.17) is 0 Å². The number of non-ortho nitro benzene ring substituents is 1. The van der Waals surface area contributed by atoms with E-state index in [1.807, 2.05) is 0 Å². The average molecular weight is 357 g/mol. The summed E-state index contributed by atoms with van der Waals surface area (Å²) in [6.45, 7) is 0. The number of fused-ring (bicyclic) bond motifs is 1. The molecule has 1 aliphatic carbocycles. The van der Waals surface area contributed by atoms with Crippen LogP contribution in [-0.2, 0) is 0 Å². The van der Waals surface area contributed by atoms with E-state index in [2.05, 4.69) is 5.10 Å². The molecule has 2 aliphatic rings. The topological polar surface area (TPSA) is 96.0 Å². The Bertz CT molecular complexity index is 747. The zero-order chi connectivity index (χ0) is 18.4. The van der Waals surface area contributed by atoms with Crippen LogP contribution in [0.1, 0.15) is 36.0 Å². The molecule has 7 nitrogen and oxygen atoms in total. The first-order chi connectivity index (χ1) is 11.7. The molecule has 0 radical (unpaired) electrons. The number of nitrogens with zero attached hydrogens (tertiary/aromatic N) is 3. The van der Waals surface area contributed by atoms with Gasteiger partial charge in [0.05, 0.1) is 10.8 Å². The summed E-state index contributed by atoms with van der Waals surface area (Å²) in [7, 11) is 0. The molecule has 1 N–H and O–H groups in total. The summed E-state index contributed by atoms with van der Waals surface area (Å²) in [5.41, 5.74) is -3.77. The Labute approximate surface area is 139 Å². The van der Waals surface area contributed by atoms with E-state index in [9.17, 15) is 33.2 Å². The minimum atomic E-state index is -5.09. The Kier molecular flexibility index (Phi) is 4.02. The molecule has 1 aliphatic heterocycles. The molecular weight excluding hydrogens is 343 g/mol. The first-order valence-corrected chi connectivity index (χ1v) is 7.61. The van der Waals surface area contributed by atoms with Gasteiger partial charge in [0.1, 0.15) is 0 Å². The lowest BCUT2D eigenvalue weighted by atomic mass is 9.80. The van der Waals surface area contributed by atoms with Crippen molar-refractivity contribution in [1.82, 2.24) is 5.01 Å². The number of carbonyl (C=O) groups excluding carboxylic acids is 1. The average Bonchev–Trinajstić information content (AvgIpc) is 2.89. The van der Waals surface area contributed by atoms with Crippen molar-refractivity contribution in [2.24, 2.45) is 11.0 Å². The highest BCUT2D eigenvalue weighted by molar-refractivity contribution is 5.99. The summed E-state index contributed by atoms with van der Waals surface area (Å²) in [5.74, 6) is -2.44. The molecule has 0 aromatic heterocycles. The fraction of sp³-hybridized carbons (Fsp3) is 0.467. The van der Waals surface area contributed by atoms with Crippen molar-refractivity contribution in [2.45, 2.75) is 37.6 Å². The van der Waals surface area contributed by atoms with Gasteiger partial charge in [0, 0.05) is 23.4 Å². The predicted octanol–water partition coefficient (Wildman–Crippen LogP) is 2.85. The van der Waals surface area contributed by atoms with E-state index in [-0.39, 0.29) is 34.8 Å². The van der Waals surface area contributed by atoms with Crippen LogP contribution in [0.3, 0.4) is 0 Å². The summed E-state index contributed by atoms with van der Waals surface area (Å²) in [6, 6.07) is 4.10. The number of nitro groups is 1. The molecule has 1 fully saturated rings. The van der Waals surface area contributed by atoms with Crippen LogP contribution >= 0.6 is 0 Å². The van der Waals surface area contributed by atoms with Crippen molar-refractivity contribution in [3.8, 4) is 0 Å². The van der Waals surface area contributed by atoms with E-state index in [1.165, 1.54) is 0 Å². The number of halogens is 3. The summed E-state index contributed by atoms with van der Waals surface area (Å²) in [5, 5.41) is 24.9. The van der Waals surface area contributed by atoms with E-state index >= 15 is 0 Å². The fourth-order valence-electron chi connectivity index (χ4n) is 3.27. The van der Waals surface area contributed by atoms with Crippen LogP contribution < -0.4 is 0 Å². The summed E-state index contributed by atoms with van der Waals surface area (Å²) in [6.07, 6.45) is -3.58. The third-order valence-electron chi connectivity index (χ3n) is 4.55. The second-order valence-electron chi connectivity index (χ2n) is 6.03. The monoisotopic (exact) mass is 357 g/mol. The lowest BCUT2D eigenvalue weighted by molar-refractivity contribution is -0.384. The third kappa shape index (κ3) is 2.66. The number of aliphatic hydroxyl groups is 1. The van der Waals surface area contributed by atoms with Crippen LogP contribution in [0.4, 0.5) is 18.9 Å². The largest absolute Gasteiger partial charge is 0.439 e. The number of benzene rings is 1. The van der Waals surface area contributed by atoms with E-state index in [1.54, 1.807) is 0 Å². The number of hydrogen-bond acceptors (Lipinski definition) is 5. The summed E-state index contributed by atoms with van der Waals surface area (Å²) >= 11 is 0. The van der Waals surface area contributed by atoms with Crippen molar-refractivity contribution >= 4 is 17.3 Å². The standard InChI is InChI=1S/C15H14F3N3O4/c16-15(17,18)14(23)11-3-1-2-4-12(11)19-20(14)13(22)9-5-7-10(8-6-9)21(24)25/h5-8,11,23H,1-4H2/t11-,14+/m0/s1. The van der Waals surface area contributed by atoms with Gasteiger partial charge in [0.25, 0.3) is 17.3 Å². The first kappa shape index (κ1) is 17.3. The van der Waals surface area contributed by atoms with Gasteiger partial charge in [-0.1, -0.05) is 6.42 Å². The minimum absolute atomic E-state index is 0.0822. The number of nitro benzene ring substituents is 1. The number of amides is 1. The van der Waals surface area contributed by atoms with Crippen LogP contribution in [0, 0.1) is 16.0 Å². The molecule has 0 spiro atoms. The summed E-state index contributed by atoms with van der Waals surface area (Å²) < 4.78 is 40.8. The zero-order valence-corrected chi connectivity index (χ0v) is 12.9. The molecule has 1 heterocycles.